The van der Waals surface area contributed by atoms with Crippen molar-refractivity contribution >= 4 is 23.4 Å². The minimum absolute atomic E-state index is 0.0489. The van der Waals surface area contributed by atoms with Gasteiger partial charge in [-0.3, -0.25) is 19.0 Å². The Hall–Kier alpha value is -1.87. The summed E-state index contributed by atoms with van der Waals surface area (Å²) in [5.74, 6) is 0.759. The monoisotopic (exact) mass is 365 g/mol. The van der Waals surface area contributed by atoms with E-state index in [1.807, 2.05) is 23.1 Å². The van der Waals surface area contributed by atoms with Crippen molar-refractivity contribution in [2.24, 2.45) is 0 Å². The molecule has 1 aliphatic rings. The average molecular weight is 365 g/mol. The van der Waals surface area contributed by atoms with Crippen LogP contribution in [0.3, 0.4) is 0 Å². The molecule has 0 saturated carbocycles. The van der Waals surface area contributed by atoms with Crippen molar-refractivity contribution in [1.82, 2.24) is 24.5 Å². The van der Waals surface area contributed by atoms with Gasteiger partial charge in [0.05, 0.1) is 18.0 Å². The summed E-state index contributed by atoms with van der Waals surface area (Å²) in [5, 5.41) is 8.79. The van der Waals surface area contributed by atoms with Gasteiger partial charge in [-0.15, -0.1) is 10.2 Å². The van der Waals surface area contributed by atoms with Gasteiger partial charge in [0.2, 0.25) is 11.7 Å². The number of aryl methyl sites for hydroxylation is 1. The van der Waals surface area contributed by atoms with E-state index in [0.717, 1.165) is 18.5 Å². The van der Waals surface area contributed by atoms with E-state index in [1.54, 1.807) is 6.07 Å². The Kier molecular flexibility index (Phi) is 5.43. The lowest BCUT2D eigenvalue weighted by Crippen LogP contribution is -2.48. The fraction of sp³-hybridized carbons (Fsp3) is 0.625. The van der Waals surface area contributed by atoms with Gasteiger partial charge in [0.1, 0.15) is 0 Å². The molecule has 9 heteroatoms. The number of aromatic amines is 1. The lowest BCUT2D eigenvalue weighted by molar-refractivity contribution is -0.140. The van der Waals surface area contributed by atoms with Gasteiger partial charge in [-0.2, -0.15) is 0 Å². The standard InChI is InChI=1S/C16H23N5O3S/c1-4-5-12-6-13(22)17-15-18-19-16(21(12)15)25-9-14(23)20-7-10(2)24-11(3)8-20/h6,10-11H,4-5,7-9H2,1-3H3,(H,17,18,22)/t10-,11-/m0/s1. The Labute approximate surface area is 150 Å². The van der Waals surface area contributed by atoms with E-state index in [1.165, 1.54) is 11.8 Å². The Bertz CT molecular complexity index is 808. The number of fused-ring (bicyclic) bond motifs is 1. The fourth-order valence-electron chi connectivity index (χ4n) is 3.10. The van der Waals surface area contributed by atoms with Crippen LogP contribution in [0.4, 0.5) is 0 Å². The van der Waals surface area contributed by atoms with Crippen LogP contribution in [0.1, 0.15) is 32.9 Å². The highest BCUT2D eigenvalue weighted by Gasteiger charge is 2.26. The number of H-pyrrole nitrogens is 1. The van der Waals surface area contributed by atoms with Gasteiger partial charge < -0.3 is 9.64 Å². The Balaban J connectivity index is 1.75. The molecule has 2 atom stereocenters. The molecule has 0 spiro atoms. The average Bonchev–Trinajstić information content (AvgIpc) is 2.94. The van der Waals surface area contributed by atoms with Gasteiger partial charge in [0.15, 0.2) is 5.16 Å². The molecule has 1 fully saturated rings. The maximum Gasteiger partial charge on any atom is 0.252 e. The van der Waals surface area contributed by atoms with Crippen molar-refractivity contribution in [3.8, 4) is 0 Å². The van der Waals surface area contributed by atoms with E-state index >= 15 is 0 Å². The second-order valence-corrected chi connectivity index (χ2v) is 7.30. The number of thioether (sulfide) groups is 1. The molecule has 3 heterocycles. The third kappa shape index (κ3) is 4.04. The molecule has 3 rings (SSSR count). The van der Waals surface area contributed by atoms with Crippen LogP contribution in [0.2, 0.25) is 0 Å². The van der Waals surface area contributed by atoms with Crippen LogP contribution in [0.15, 0.2) is 16.0 Å². The summed E-state index contributed by atoms with van der Waals surface area (Å²) in [7, 11) is 0. The first-order chi connectivity index (χ1) is 12.0. The van der Waals surface area contributed by atoms with Crippen molar-refractivity contribution in [2.45, 2.75) is 51.0 Å². The van der Waals surface area contributed by atoms with Crippen molar-refractivity contribution < 1.29 is 9.53 Å². The highest BCUT2D eigenvalue weighted by atomic mass is 32.2. The molecule has 0 bridgehead atoms. The summed E-state index contributed by atoms with van der Waals surface area (Å²) < 4.78 is 7.49. The second kappa shape index (κ2) is 7.57. The normalized spacial score (nSPS) is 21.0. The predicted octanol–water partition coefficient (Wildman–Crippen LogP) is 1.10. The highest BCUT2D eigenvalue weighted by molar-refractivity contribution is 7.99. The smallest absolute Gasteiger partial charge is 0.252 e. The lowest BCUT2D eigenvalue weighted by atomic mass is 10.2. The largest absolute Gasteiger partial charge is 0.372 e. The summed E-state index contributed by atoms with van der Waals surface area (Å²) in [6.45, 7) is 7.22. The topological polar surface area (TPSA) is 92.6 Å². The molecule has 8 nitrogen and oxygen atoms in total. The number of ether oxygens (including phenoxy) is 1. The number of hydrogen-bond acceptors (Lipinski definition) is 6. The number of morpholine rings is 1. The van der Waals surface area contributed by atoms with Crippen LogP contribution >= 0.6 is 11.8 Å². The van der Waals surface area contributed by atoms with E-state index in [2.05, 4.69) is 22.1 Å². The van der Waals surface area contributed by atoms with Crippen molar-refractivity contribution in [3.63, 3.8) is 0 Å². The number of rotatable bonds is 5. The number of carbonyl (C=O) groups is 1. The molecule has 0 radical (unpaired) electrons. The zero-order valence-corrected chi connectivity index (χ0v) is 15.5. The first-order valence-electron chi connectivity index (χ1n) is 8.51. The first kappa shape index (κ1) is 17.9. The summed E-state index contributed by atoms with van der Waals surface area (Å²) in [6, 6.07) is 1.57. The third-order valence-electron chi connectivity index (χ3n) is 4.06. The van der Waals surface area contributed by atoms with E-state index in [0.29, 0.717) is 24.0 Å². The zero-order chi connectivity index (χ0) is 18.0. The minimum atomic E-state index is -0.188. The Morgan fingerprint density at radius 1 is 1.36 bits per heavy atom. The SMILES string of the molecule is CCCc1cc(=O)[nH]c2nnc(SCC(=O)N3C[C@H](C)O[C@@H](C)C3)n12. The van der Waals surface area contributed by atoms with E-state index in [9.17, 15) is 9.59 Å². The minimum Gasteiger partial charge on any atom is -0.372 e. The summed E-state index contributed by atoms with van der Waals surface area (Å²) in [6.07, 6.45) is 1.75. The van der Waals surface area contributed by atoms with Crippen LogP contribution in [0.5, 0.6) is 0 Å². The quantitative estimate of drug-likeness (QED) is 0.798. The van der Waals surface area contributed by atoms with Gasteiger partial charge >= 0.3 is 0 Å². The van der Waals surface area contributed by atoms with Gasteiger partial charge in [-0.1, -0.05) is 25.1 Å². The Morgan fingerprint density at radius 2 is 2.08 bits per heavy atom. The molecule has 1 saturated heterocycles. The van der Waals surface area contributed by atoms with E-state index in [4.69, 9.17) is 4.74 Å². The van der Waals surface area contributed by atoms with Crippen molar-refractivity contribution in [3.05, 3.63) is 22.1 Å². The molecule has 0 aliphatic carbocycles. The van der Waals surface area contributed by atoms with Gasteiger partial charge in [-0.25, -0.2) is 0 Å². The van der Waals surface area contributed by atoms with Crippen LogP contribution in [-0.2, 0) is 16.0 Å². The summed E-state index contributed by atoms with van der Waals surface area (Å²) in [5.41, 5.74) is 0.669. The van der Waals surface area contributed by atoms with Crippen LogP contribution in [0, 0.1) is 0 Å². The number of carbonyl (C=O) groups excluding carboxylic acids is 1. The molecule has 0 aromatic carbocycles. The van der Waals surface area contributed by atoms with Crippen LogP contribution in [-0.4, -0.2) is 61.4 Å². The maximum atomic E-state index is 12.5. The van der Waals surface area contributed by atoms with Crippen molar-refractivity contribution in [1.29, 1.82) is 0 Å². The summed E-state index contributed by atoms with van der Waals surface area (Å²) >= 11 is 1.34. The fourth-order valence-corrected chi connectivity index (χ4v) is 3.97. The van der Waals surface area contributed by atoms with E-state index < -0.39 is 0 Å². The first-order valence-corrected chi connectivity index (χ1v) is 9.49. The molecule has 1 N–H and O–H groups in total. The molecule has 2 aromatic rings. The van der Waals surface area contributed by atoms with Gasteiger partial charge in [0, 0.05) is 24.8 Å². The number of nitrogens with zero attached hydrogens (tertiary/aromatic N) is 4. The molecule has 136 valence electrons. The number of nitrogens with one attached hydrogen (secondary N) is 1. The van der Waals surface area contributed by atoms with Gasteiger partial charge in [0.25, 0.3) is 5.56 Å². The molecule has 1 amide bonds. The second-order valence-electron chi connectivity index (χ2n) is 6.36. The molecule has 1 aliphatic heterocycles. The van der Waals surface area contributed by atoms with Crippen molar-refractivity contribution in [2.75, 3.05) is 18.8 Å². The highest BCUT2D eigenvalue weighted by Crippen LogP contribution is 2.20. The van der Waals surface area contributed by atoms with E-state index in [-0.39, 0.29) is 29.4 Å². The third-order valence-corrected chi connectivity index (χ3v) is 4.97. The number of amides is 1. The number of aromatic nitrogens is 4. The summed E-state index contributed by atoms with van der Waals surface area (Å²) in [4.78, 5) is 28.7. The molecular weight excluding hydrogens is 342 g/mol. The number of hydrogen-bond donors (Lipinski definition) is 1. The van der Waals surface area contributed by atoms with Gasteiger partial charge in [-0.05, 0) is 20.3 Å². The van der Waals surface area contributed by atoms with Crippen LogP contribution < -0.4 is 5.56 Å². The molecular formula is C16H23N5O3S. The Morgan fingerprint density at radius 3 is 2.76 bits per heavy atom. The maximum absolute atomic E-state index is 12.5. The predicted molar refractivity (Wildman–Crippen MR) is 94.9 cm³/mol. The lowest BCUT2D eigenvalue weighted by Gasteiger charge is -2.35. The van der Waals surface area contributed by atoms with Crippen LogP contribution in [0.25, 0.3) is 5.78 Å². The molecule has 0 unspecified atom stereocenters. The molecule has 2 aromatic heterocycles. The molecule has 25 heavy (non-hydrogen) atoms. The zero-order valence-electron chi connectivity index (χ0n) is 14.7.